The van der Waals surface area contributed by atoms with E-state index < -0.39 is 28.6 Å². The molecule has 1 unspecified atom stereocenters. The molecule has 14 heteroatoms. The second kappa shape index (κ2) is 10.3. The number of aromatic nitrogens is 4. The Morgan fingerprint density at radius 2 is 2.03 bits per heavy atom. The lowest BCUT2D eigenvalue weighted by atomic mass is 9.94. The molecule has 1 aliphatic heterocycles. The number of pyridine rings is 1. The van der Waals surface area contributed by atoms with Crippen LogP contribution in [-0.2, 0) is 43.7 Å². The van der Waals surface area contributed by atoms with Gasteiger partial charge in [0, 0.05) is 20.1 Å². The largest absolute Gasteiger partial charge is 0.466 e. The fourth-order valence-electron chi connectivity index (χ4n) is 3.85. The van der Waals surface area contributed by atoms with Crippen molar-refractivity contribution in [3.8, 4) is 11.4 Å². The van der Waals surface area contributed by atoms with Crippen LogP contribution in [0.3, 0.4) is 0 Å². The standard InChI is InChI=1S/C20H26F3N5O5S/c1-4-32-17(29)10-13-6-5-9-28(11-13)15-8-7-14(24-19(15)20(21,22)23)18-16(27(2)26-25-18)12-33-34(3,30)31/h7-8,13H,4-6,9-12H2,1-3H3. The predicted octanol–water partition coefficient (Wildman–Crippen LogP) is 2.54. The van der Waals surface area contributed by atoms with E-state index in [1.54, 1.807) is 11.8 Å². The maximum Gasteiger partial charge on any atom is 0.435 e. The van der Waals surface area contributed by atoms with Gasteiger partial charge < -0.3 is 9.64 Å². The number of rotatable bonds is 8. The van der Waals surface area contributed by atoms with Crippen LogP contribution in [0.15, 0.2) is 12.1 Å². The number of nitrogens with zero attached hydrogens (tertiary/aromatic N) is 5. The number of carbonyl (C=O) groups is 1. The number of anilines is 1. The summed E-state index contributed by atoms with van der Waals surface area (Å²) in [5.41, 5.74) is -1.16. The minimum atomic E-state index is -4.76. The van der Waals surface area contributed by atoms with Crippen LogP contribution >= 0.6 is 0 Å². The van der Waals surface area contributed by atoms with Crippen LogP contribution in [0.5, 0.6) is 0 Å². The number of carbonyl (C=O) groups excluding carboxylic acids is 1. The molecule has 3 heterocycles. The van der Waals surface area contributed by atoms with Gasteiger partial charge in [-0.2, -0.15) is 21.6 Å². The summed E-state index contributed by atoms with van der Waals surface area (Å²) in [5, 5.41) is 7.62. The van der Waals surface area contributed by atoms with Crippen LogP contribution in [0.25, 0.3) is 11.4 Å². The second-order valence-corrected chi connectivity index (χ2v) is 9.64. The van der Waals surface area contributed by atoms with E-state index in [1.807, 2.05) is 0 Å². The zero-order valence-corrected chi connectivity index (χ0v) is 19.8. The third-order valence-corrected chi connectivity index (χ3v) is 5.90. The zero-order chi connectivity index (χ0) is 25.1. The predicted molar refractivity (Wildman–Crippen MR) is 115 cm³/mol. The number of esters is 1. The van der Waals surface area contributed by atoms with Crippen molar-refractivity contribution in [3.05, 3.63) is 23.5 Å². The molecule has 3 rings (SSSR count). The number of aryl methyl sites for hydroxylation is 1. The Bertz CT molecular complexity index is 1140. The fraction of sp³-hybridized carbons (Fsp3) is 0.600. The molecule has 0 N–H and O–H groups in total. The molecule has 1 aliphatic rings. The topological polar surface area (TPSA) is 117 Å². The van der Waals surface area contributed by atoms with E-state index in [0.29, 0.717) is 19.4 Å². The van der Waals surface area contributed by atoms with Gasteiger partial charge in [-0.3, -0.25) is 8.98 Å². The number of ether oxygens (including phenoxy) is 1. The highest BCUT2D eigenvalue weighted by Crippen LogP contribution is 2.38. The molecule has 0 amide bonds. The van der Waals surface area contributed by atoms with Crippen LogP contribution in [0, 0.1) is 5.92 Å². The van der Waals surface area contributed by atoms with Gasteiger partial charge >= 0.3 is 12.1 Å². The number of hydrogen-bond donors (Lipinski definition) is 0. The third-order valence-electron chi connectivity index (χ3n) is 5.36. The van der Waals surface area contributed by atoms with E-state index in [-0.39, 0.29) is 54.2 Å². The molecule has 1 saturated heterocycles. The Morgan fingerprint density at radius 1 is 1.29 bits per heavy atom. The van der Waals surface area contributed by atoms with Crippen LogP contribution in [0.2, 0.25) is 0 Å². The molecular formula is C20H26F3N5O5S. The van der Waals surface area contributed by atoms with Crippen molar-refractivity contribution >= 4 is 21.8 Å². The summed E-state index contributed by atoms with van der Waals surface area (Å²) in [7, 11) is -2.33. The number of hydrogen-bond acceptors (Lipinski definition) is 9. The smallest absolute Gasteiger partial charge is 0.435 e. The van der Waals surface area contributed by atoms with Gasteiger partial charge in [0.15, 0.2) is 5.69 Å². The second-order valence-electron chi connectivity index (χ2n) is 8.00. The van der Waals surface area contributed by atoms with Gasteiger partial charge in [0.2, 0.25) is 0 Å². The molecule has 2 aromatic heterocycles. The summed E-state index contributed by atoms with van der Waals surface area (Å²) >= 11 is 0. The van der Waals surface area contributed by atoms with Gasteiger partial charge in [-0.05, 0) is 37.8 Å². The Kier molecular flexibility index (Phi) is 7.81. The van der Waals surface area contributed by atoms with Crippen molar-refractivity contribution in [1.82, 2.24) is 20.0 Å². The molecule has 0 spiro atoms. The first-order chi connectivity index (χ1) is 15.9. The molecule has 1 fully saturated rings. The summed E-state index contributed by atoms with van der Waals surface area (Å²) < 4.78 is 75.7. The molecule has 2 aromatic rings. The first-order valence-corrected chi connectivity index (χ1v) is 12.4. The molecule has 0 bridgehead atoms. The maximum atomic E-state index is 14.0. The van der Waals surface area contributed by atoms with Gasteiger partial charge in [0.05, 0.1) is 36.4 Å². The summed E-state index contributed by atoms with van der Waals surface area (Å²) in [6.45, 7) is 2.15. The number of piperidine rings is 1. The highest BCUT2D eigenvalue weighted by atomic mass is 32.2. The molecule has 34 heavy (non-hydrogen) atoms. The SMILES string of the molecule is CCOC(=O)CC1CCCN(c2ccc(-c3nnn(C)c3COS(C)(=O)=O)nc2C(F)(F)F)C1. The molecule has 0 aliphatic carbocycles. The van der Waals surface area contributed by atoms with E-state index >= 15 is 0 Å². The molecule has 0 aromatic carbocycles. The Labute approximate surface area is 195 Å². The lowest BCUT2D eigenvalue weighted by Gasteiger charge is -2.35. The van der Waals surface area contributed by atoms with Crippen LogP contribution in [0.4, 0.5) is 18.9 Å². The van der Waals surface area contributed by atoms with E-state index in [4.69, 9.17) is 8.92 Å². The average molecular weight is 506 g/mol. The molecular weight excluding hydrogens is 479 g/mol. The van der Waals surface area contributed by atoms with E-state index in [2.05, 4.69) is 15.3 Å². The van der Waals surface area contributed by atoms with Crippen molar-refractivity contribution in [3.63, 3.8) is 0 Å². The number of alkyl halides is 3. The highest BCUT2D eigenvalue weighted by molar-refractivity contribution is 7.85. The summed E-state index contributed by atoms with van der Waals surface area (Å²) in [5.74, 6) is -0.501. The van der Waals surface area contributed by atoms with E-state index in [1.165, 1.54) is 23.9 Å². The Morgan fingerprint density at radius 3 is 2.68 bits per heavy atom. The van der Waals surface area contributed by atoms with Crippen molar-refractivity contribution in [2.24, 2.45) is 13.0 Å². The lowest BCUT2D eigenvalue weighted by Crippen LogP contribution is -2.37. The monoisotopic (exact) mass is 505 g/mol. The molecule has 10 nitrogen and oxygen atoms in total. The van der Waals surface area contributed by atoms with Crippen molar-refractivity contribution in [1.29, 1.82) is 0 Å². The van der Waals surface area contributed by atoms with Crippen LogP contribution in [-0.4, -0.2) is 60.3 Å². The first kappa shape index (κ1) is 25.9. The summed E-state index contributed by atoms with van der Waals surface area (Å²) in [6, 6.07) is 2.70. The van der Waals surface area contributed by atoms with E-state index in [9.17, 15) is 26.4 Å². The highest BCUT2D eigenvalue weighted by Gasteiger charge is 2.39. The summed E-state index contributed by atoms with van der Waals surface area (Å²) in [4.78, 5) is 17.3. The normalized spacial score (nSPS) is 17.1. The molecule has 0 radical (unpaired) electrons. The molecule has 0 saturated carbocycles. The number of halogens is 3. The first-order valence-electron chi connectivity index (χ1n) is 10.6. The van der Waals surface area contributed by atoms with Crippen molar-refractivity contribution < 1.29 is 35.3 Å². The van der Waals surface area contributed by atoms with Crippen LogP contribution in [0.1, 0.15) is 37.6 Å². The van der Waals surface area contributed by atoms with E-state index in [0.717, 1.165) is 6.26 Å². The Hall–Kier alpha value is -2.74. The minimum absolute atomic E-state index is 0.0120. The third kappa shape index (κ3) is 6.44. The van der Waals surface area contributed by atoms with Gasteiger partial charge in [-0.25, -0.2) is 9.67 Å². The Balaban J connectivity index is 1.92. The van der Waals surface area contributed by atoms with Gasteiger partial charge in [0.1, 0.15) is 12.3 Å². The van der Waals surface area contributed by atoms with Gasteiger partial charge in [-0.1, -0.05) is 5.21 Å². The fourth-order valence-corrected chi connectivity index (χ4v) is 4.18. The molecule has 1 atom stereocenters. The van der Waals surface area contributed by atoms with Crippen molar-refractivity contribution in [2.75, 3.05) is 30.9 Å². The van der Waals surface area contributed by atoms with Crippen LogP contribution < -0.4 is 4.90 Å². The lowest BCUT2D eigenvalue weighted by molar-refractivity contribution is -0.144. The van der Waals surface area contributed by atoms with Gasteiger partial charge in [-0.15, -0.1) is 5.10 Å². The maximum absolute atomic E-state index is 14.0. The average Bonchev–Trinajstić information content (AvgIpc) is 3.11. The van der Waals surface area contributed by atoms with Crippen molar-refractivity contribution in [2.45, 2.75) is 39.0 Å². The zero-order valence-electron chi connectivity index (χ0n) is 19.0. The van der Waals surface area contributed by atoms with Gasteiger partial charge in [0.25, 0.3) is 10.1 Å². The minimum Gasteiger partial charge on any atom is -0.466 e. The quantitative estimate of drug-likeness (QED) is 0.394. The molecule has 188 valence electrons. The summed E-state index contributed by atoms with van der Waals surface area (Å²) in [6.07, 6.45) is -2.42.